The van der Waals surface area contributed by atoms with Crippen LogP contribution in [0.5, 0.6) is 11.5 Å². The number of methoxy groups -OCH3 is 2. The molecule has 0 aliphatic carbocycles. The average Bonchev–Trinajstić information content (AvgIpc) is 2.46. The lowest BCUT2D eigenvalue weighted by Crippen LogP contribution is -2.28. The predicted octanol–water partition coefficient (Wildman–Crippen LogP) is 2.13. The van der Waals surface area contributed by atoms with Gasteiger partial charge in [0.25, 0.3) is 0 Å². The van der Waals surface area contributed by atoms with Crippen LogP contribution in [0.1, 0.15) is 24.5 Å². The van der Waals surface area contributed by atoms with Gasteiger partial charge in [0.15, 0.2) is 11.5 Å². The van der Waals surface area contributed by atoms with E-state index >= 15 is 0 Å². The number of hydrogen-bond donors (Lipinski definition) is 1. The molecule has 0 saturated carbocycles. The van der Waals surface area contributed by atoms with Crippen molar-refractivity contribution in [2.45, 2.75) is 18.9 Å². The summed E-state index contributed by atoms with van der Waals surface area (Å²) in [5.74, 6) is 1.86. The molecule has 18 heavy (non-hydrogen) atoms. The molecule has 4 nitrogen and oxygen atoms in total. The number of benzene rings is 1. The lowest BCUT2D eigenvalue weighted by molar-refractivity contribution is -0.0252. The highest BCUT2D eigenvalue weighted by Crippen LogP contribution is 2.37. The summed E-state index contributed by atoms with van der Waals surface area (Å²) < 4.78 is 16.4. The number of hydrogen-bond acceptors (Lipinski definition) is 4. The Balaban J connectivity index is 2.26. The van der Waals surface area contributed by atoms with Gasteiger partial charge in [-0.05, 0) is 37.1 Å². The molecule has 1 aliphatic rings. The van der Waals surface area contributed by atoms with Crippen molar-refractivity contribution in [2.24, 2.45) is 11.7 Å². The maximum Gasteiger partial charge on any atom is 0.161 e. The van der Waals surface area contributed by atoms with Crippen molar-refractivity contribution in [2.75, 3.05) is 27.4 Å². The van der Waals surface area contributed by atoms with Crippen LogP contribution in [0.3, 0.4) is 0 Å². The minimum Gasteiger partial charge on any atom is -0.493 e. The summed E-state index contributed by atoms with van der Waals surface area (Å²) in [6.45, 7) is 1.45. The van der Waals surface area contributed by atoms with E-state index < -0.39 is 0 Å². The van der Waals surface area contributed by atoms with Gasteiger partial charge in [0.05, 0.1) is 20.3 Å². The van der Waals surface area contributed by atoms with Crippen molar-refractivity contribution < 1.29 is 14.2 Å². The Morgan fingerprint density at radius 2 is 2.06 bits per heavy atom. The second-order valence-corrected chi connectivity index (χ2v) is 4.54. The Labute approximate surface area is 108 Å². The molecule has 0 spiro atoms. The van der Waals surface area contributed by atoms with Gasteiger partial charge in [0, 0.05) is 12.5 Å². The van der Waals surface area contributed by atoms with Crippen molar-refractivity contribution >= 4 is 0 Å². The van der Waals surface area contributed by atoms with Crippen LogP contribution in [-0.2, 0) is 4.74 Å². The van der Waals surface area contributed by atoms with Crippen LogP contribution < -0.4 is 15.2 Å². The van der Waals surface area contributed by atoms with Crippen LogP contribution in [0.2, 0.25) is 0 Å². The molecule has 1 aromatic carbocycles. The summed E-state index contributed by atoms with van der Waals surface area (Å²) in [5, 5.41) is 0. The fraction of sp³-hybridized carbons (Fsp3) is 0.571. The molecule has 2 atom stereocenters. The molecule has 0 radical (unpaired) electrons. The smallest absolute Gasteiger partial charge is 0.161 e. The standard InChI is InChI=1S/C14H21NO3/c1-16-12-6-5-10(8-13(12)17-2)14-11(9-15)4-3-7-18-14/h5-6,8,11,14H,3-4,7,9,15H2,1-2H3. The van der Waals surface area contributed by atoms with Crippen molar-refractivity contribution in [3.8, 4) is 11.5 Å². The van der Waals surface area contributed by atoms with E-state index in [4.69, 9.17) is 19.9 Å². The summed E-state index contributed by atoms with van der Waals surface area (Å²) in [6, 6.07) is 5.93. The molecule has 1 aliphatic heterocycles. The molecule has 2 unspecified atom stereocenters. The predicted molar refractivity (Wildman–Crippen MR) is 70.0 cm³/mol. The quantitative estimate of drug-likeness (QED) is 0.890. The van der Waals surface area contributed by atoms with Crippen molar-refractivity contribution in [3.05, 3.63) is 23.8 Å². The molecule has 0 amide bonds. The summed E-state index contributed by atoms with van der Waals surface area (Å²) >= 11 is 0. The largest absolute Gasteiger partial charge is 0.493 e. The van der Waals surface area contributed by atoms with E-state index in [1.54, 1.807) is 14.2 Å². The summed E-state index contributed by atoms with van der Waals surface area (Å²) in [4.78, 5) is 0. The van der Waals surface area contributed by atoms with Crippen LogP contribution >= 0.6 is 0 Å². The fourth-order valence-electron chi connectivity index (χ4n) is 2.48. The Bertz CT molecular complexity index is 395. The zero-order valence-electron chi connectivity index (χ0n) is 11.0. The number of ether oxygens (including phenoxy) is 3. The van der Waals surface area contributed by atoms with Crippen molar-refractivity contribution in [1.82, 2.24) is 0 Å². The van der Waals surface area contributed by atoms with Gasteiger partial charge in [-0.2, -0.15) is 0 Å². The molecule has 2 N–H and O–H groups in total. The monoisotopic (exact) mass is 251 g/mol. The van der Waals surface area contributed by atoms with E-state index in [1.165, 1.54) is 0 Å². The van der Waals surface area contributed by atoms with Crippen molar-refractivity contribution in [1.29, 1.82) is 0 Å². The minimum atomic E-state index is 0.0727. The highest BCUT2D eigenvalue weighted by Gasteiger charge is 2.27. The van der Waals surface area contributed by atoms with Gasteiger partial charge in [-0.1, -0.05) is 6.07 Å². The SMILES string of the molecule is COc1ccc(C2OCCCC2CN)cc1OC. The van der Waals surface area contributed by atoms with Gasteiger partial charge in [-0.25, -0.2) is 0 Å². The molecule has 0 aromatic heterocycles. The van der Waals surface area contributed by atoms with Gasteiger partial charge in [0.2, 0.25) is 0 Å². The summed E-state index contributed by atoms with van der Waals surface area (Å²) in [6.07, 6.45) is 2.28. The molecule has 1 saturated heterocycles. The van der Waals surface area contributed by atoms with E-state index in [1.807, 2.05) is 18.2 Å². The summed E-state index contributed by atoms with van der Waals surface area (Å²) in [5.41, 5.74) is 6.94. The second kappa shape index (κ2) is 6.07. The van der Waals surface area contributed by atoms with Crippen LogP contribution in [0.15, 0.2) is 18.2 Å². The normalized spacial score (nSPS) is 23.7. The highest BCUT2D eigenvalue weighted by atomic mass is 16.5. The van der Waals surface area contributed by atoms with Gasteiger partial charge < -0.3 is 19.9 Å². The molecule has 4 heteroatoms. The Kier molecular flexibility index (Phi) is 4.44. The lowest BCUT2D eigenvalue weighted by Gasteiger charge is -2.31. The van der Waals surface area contributed by atoms with Gasteiger partial charge >= 0.3 is 0 Å². The van der Waals surface area contributed by atoms with Gasteiger partial charge in [-0.3, -0.25) is 0 Å². The zero-order valence-corrected chi connectivity index (χ0v) is 11.0. The van der Waals surface area contributed by atoms with E-state index in [0.29, 0.717) is 12.5 Å². The molecule has 1 fully saturated rings. The van der Waals surface area contributed by atoms with Gasteiger partial charge in [-0.15, -0.1) is 0 Å². The second-order valence-electron chi connectivity index (χ2n) is 4.54. The molecule has 100 valence electrons. The molecular weight excluding hydrogens is 230 g/mol. The first kappa shape index (κ1) is 13.2. The fourth-order valence-corrected chi connectivity index (χ4v) is 2.48. The molecule has 1 heterocycles. The van der Waals surface area contributed by atoms with E-state index in [2.05, 4.69) is 0 Å². The first-order chi connectivity index (χ1) is 8.80. The molecule has 0 bridgehead atoms. The highest BCUT2D eigenvalue weighted by molar-refractivity contribution is 5.43. The Hall–Kier alpha value is -1.26. The van der Waals surface area contributed by atoms with Crippen molar-refractivity contribution in [3.63, 3.8) is 0 Å². The Morgan fingerprint density at radius 1 is 1.28 bits per heavy atom. The van der Waals surface area contributed by atoms with E-state index in [-0.39, 0.29) is 6.10 Å². The third-order valence-corrected chi connectivity index (χ3v) is 3.48. The molecule has 1 aromatic rings. The maximum absolute atomic E-state index is 5.86. The van der Waals surface area contributed by atoms with Crippen LogP contribution in [0, 0.1) is 5.92 Å². The van der Waals surface area contributed by atoms with E-state index in [0.717, 1.165) is 36.5 Å². The minimum absolute atomic E-state index is 0.0727. The average molecular weight is 251 g/mol. The van der Waals surface area contributed by atoms with Crippen LogP contribution in [-0.4, -0.2) is 27.4 Å². The third kappa shape index (κ3) is 2.60. The Morgan fingerprint density at radius 3 is 2.72 bits per heavy atom. The van der Waals surface area contributed by atoms with Crippen LogP contribution in [0.4, 0.5) is 0 Å². The van der Waals surface area contributed by atoms with Gasteiger partial charge in [0.1, 0.15) is 0 Å². The summed E-state index contributed by atoms with van der Waals surface area (Å²) in [7, 11) is 3.28. The first-order valence-corrected chi connectivity index (χ1v) is 6.33. The number of rotatable bonds is 4. The first-order valence-electron chi connectivity index (χ1n) is 6.33. The zero-order chi connectivity index (χ0) is 13.0. The maximum atomic E-state index is 5.86. The topological polar surface area (TPSA) is 53.7 Å². The van der Waals surface area contributed by atoms with E-state index in [9.17, 15) is 0 Å². The molecular formula is C14H21NO3. The number of nitrogens with two attached hydrogens (primary N) is 1. The third-order valence-electron chi connectivity index (χ3n) is 3.48. The molecule has 2 rings (SSSR count). The van der Waals surface area contributed by atoms with Crippen LogP contribution in [0.25, 0.3) is 0 Å². The lowest BCUT2D eigenvalue weighted by atomic mass is 9.89.